The molecular weight excluding hydrogens is 320 g/mol. The van der Waals surface area contributed by atoms with Crippen molar-refractivity contribution in [3.8, 4) is 0 Å². The Morgan fingerprint density at radius 3 is 2.33 bits per heavy atom. The van der Waals surface area contributed by atoms with E-state index in [1.54, 1.807) is 13.0 Å². The molecule has 4 aliphatic rings. The Morgan fingerprint density at radius 1 is 1.21 bits per heavy atom. The van der Waals surface area contributed by atoms with Crippen molar-refractivity contribution < 1.29 is 4.79 Å². The van der Waals surface area contributed by atoms with Gasteiger partial charge >= 0.3 is 0 Å². The number of nitrogens with zero attached hydrogens (tertiary/aromatic N) is 1. The summed E-state index contributed by atoms with van der Waals surface area (Å²) in [6.45, 7) is 1.80. The topological polar surface area (TPSA) is 64.6 Å². The number of nitrogens with two attached hydrogens (primary N) is 1. The summed E-state index contributed by atoms with van der Waals surface area (Å²) in [5, 5.41) is 2.13. The Bertz CT molecular complexity index is 888. The number of aromatic nitrogens is 1. The van der Waals surface area contributed by atoms with E-state index in [9.17, 15) is 9.59 Å². The van der Waals surface area contributed by atoms with Crippen LogP contribution in [0.25, 0.3) is 4.83 Å². The molecule has 0 spiro atoms. The average Bonchev–Trinajstić information content (AvgIpc) is 2.91. The van der Waals surface area contributed by atoms with Crippen molar-refractivity contribution in [3.63, 3.8) is 0 Å². The van der Waals surface area contributed by atoms with Gasteiger partial charge in [0.25, 0.3) is 11.5 Å². The predicted molar refractivity (Wildman–Crippen MR) is 94.6 cm³/mol. The van der Waals surface area contributed by atoms with Crippen LogP contribution in [-0.4, -0.2) is 10.3 Å². The lowest BCUT2D eigenvalue weighted by molar-refractivity contribution is -0.00757. The van der Waals surface area contributed by atoms with Gasteiger partial charge in [0.15, 0.2) is 0 Å². The fourth-order valence-corrected chi connectivity index (χ4v) is 7.54. The fourth-order valence-electron chi connectivity index (χ4n) is 6.29. The summed E-state index contributed by atoms with van der Waals surface area (Å²) in [4.78, 5) is 25.4. The van der Waals surface area contributed by atoms with E-state index in [0.29, 0.717) is 11.1 Å². The number of carbonyl (C=O) groups is 1. The van der Waals surface area contributed by atoms with Gasteiger partial charge in [0.1, 0.15) is 4.83 Å². The number of primary amides is 1. The van der Waals surface area contributed by atoms with Gasteiger partial charge in [-0.25, -0.2) is 0 Å². The number of aryl methyl sites for hydroxylation is 1. The van der Waals surface area contributed by atoms with E-state index in [2.05, 4.69) is 5.38 Å². The van der Waals surface area contributed by atoms with Gasteiger partial charge in [-0.1, -0.05) is 0 Å². The molecular formula is C19H22N2O2S. The normalized spacial score (nSPS) is 34.1. The molecule has 2 aromatic rings. The molecule has 2 N–H and O–H groups in total. The van der Waals surface area contributed by atoms with Crippen molar-refractivity contribution in [2.24, 2.45) is 23.5 Å². The summed E-state index contributed by atoms with van der Waals surface area (Å²) >= 11 is 1.51. The minimum atomic E-state index is -0.441. The van der Waals surface area contributed by atoms with E-state index in [4.69, 9.17) is 5.73 Å². The highest BCUT2D eigenvalue weighted by atomic mass is 32.1. The van der Waals surface area contributed by atoms with Crippen LogP contribution in [0.15, 0.2) is 16.2 Å². The molecule has 5 heteroatoms. The van der Waals surface area contributed by atoms with Crippen LogP contribution in [0.3, 0.4) is 0 Å². The maximum Gasteiger partial charge on any atom is 0.256 e. The highest BCUT2D eigenvalue weighted by molar-refractivity contribution is 7.16. The van der Waals surface area contributed by atoms with Gasteiger partial charge in [-0.3, -0.25) is 14.0 Å². The highest BCUT2D eigenvalue weighted by Gasteiger charge is 2.52. The van der Waals surface area contributed by atoms with E-state index >= 15 is 0 Å². The molecule has 4 fully saturated rings. The van der Waals surface area contributed by atoms with Gasteiger partial charge in [-0.2, -0.15) is 0 Å². The maximum atomic E-state index is 12.8. The van der Waals surface area contributed by atoms with Crippen molar-refractivity contribution in [2.75, 3.05) is 0 Å². The lowest BCUT2D eigenvalue weighted by atomic mass is 9.49. The van der Waals surface area contributed by atoms with Gasteiger partial charge in [-0.05, 0) is 68.8 Å². The quantitative estimate of drug-likeness (QED) is 0.910. The molecule has 2 heterocycles. The van der Waals surface area contributed by atoms with E-state index in [-0.39, 0.29) is 11.0 Å². The second kappa shape index (κ2) is 4.72. The first kappa shape index (κ1) is 14.7. The van der Waals surface area contributed by atoms with Gasteiger partial charge in [-0.15, -0.1) is 11.3 Å². The zero-order valence-corrected chi connectivity index (χ0v) is 14.7. The van der Waals surface area contributed by atoms with Gasteiger partial charge in [0.2, 0.25) is 0 Å². The van der Waals surface area contributed by atoms with Crippen LogP contribution in [0.2, 0.25) is 0 Å². The molecule has 1 amide bonds. The number of fused-ring (bicyclic) bond motifs is 1. The Hall–Kier alpha value is -1.62. The highest BCUT2D eigenvalue weighted by Crippen LogP contribution is 2.60. The van der Waals surface area contributed by atoms with Gasteiger partial charge < -0.3 is 5.73 Å². The number of hydrogen-bond acceptors (Lipinski definition) is 3. The lowest BCUT2D eigenvalue weighted by Crippen LogP contribution is -2.49. The molecule has 0 atom stereocenters. The summed E-state index contributed by atoms with van der Waals surface area (Å²) < 4.78 is 1.81. The SMILES string of the molecule is Cc1cc(=O)n2c(C34CC5CC(CC(C5)C3)C4)csc2c1C(N)=O. The van der Waals surface area contributed by atoms with Crippen molar-refractivity contribution in [1.29, 1.82) is 0 Å². The molecule has 0 radical (unpaired) electrons. The minimum Gasteiger partial charge on any atom is -0.365 e. The Kier molecular flexibility index (Phi) is 2.89. The Balaban J connectivity index is 1.76. The Labute approximate surface area is 144 Å². The smallest absolute Gasteiger partial charge is 0.256 e. The molecule has 2 aromatic heterocycles. The van der Waals surface area contributed by atoms with Crippen LogP contribution in [0.1, 0.15) is 60.1 Å². The first-order chi connectivity index (χ1) is 11.5. The van der Waals surface area contributed by atoms with Crippen LogP contribution in [0.4, 0.5) is 0 Å². The molecule has 4 nitrogen and oxygen atoms in total. The van der Waals surface area contributed by atoms with Crippen molar-refractivity contribution in [2.45, 2.75) is 50.9 Å². The number of rotatable bonds is 2. The molecule has 4 bridgehead atoms. The average molecular weight is 342 g/mol. The monoisotopic (exact) mass is 342 g/mol. The molecule has 0 unspecified atom stereocenters. The largest absolute Gasteiger partial charge is 0.365 e. The molecule has 0 saturated heterocycles. The number of hydrogen-bond donors (Lipinski definition) is 1. The molecule has 24 heavy (non-hydrogen) atoms. The fraction of sp³-hybridized carbons (Fsp3) is 0.579. The van der Waals surface area contributed by atoms with Crippen LogP contribution >= 0.6 is 11.3 Å². The number of pyridine rings is 1. The van der Waals surface area contributed by atoms with E-state index in [1.165, 1.54) is 49.9 Å². The standard InChI is InChI=1S/C19H22N2O2S/c1-10-2-15(22)21-14(9-24-18(21)16(10)17(20)23)19-6-11-3-12(7-19)5-13(4-11)8-19/h2,9,11-13H,3-8H2,1H3,(H2,20,23). The molecule has 4 saturated carbocycles. The Morgan fingerprint density at radius 2 is 1.79 bits per heavy atom. The summed E-state index contributed by atoms with van der Waals surface area (Å²) in [7, 11) is 0. The zero-order valence-electron chi connectivity index (χ0n) is 13.9. The van der Waals surface area contributed by atoms with E-state index < -0.39 is 5.91 Å². The first-order valence-electron chi connectivity index (χ1n) is 8.91. The first-order valence-corrected chi connectivity index (χ1v) is 9.79. The summed E-state index contributed by atoms with van der Waals surface area (Å²) in [5.74, 6) is 2.03. The molecule has 4 aliphatic carbocycles. The van der Waals surface area contributed by atoms with E-state index in [1.807, 2.05) is 4.40 Å². The second-order valence-corrected chi connectivity index (χ2v) is 9.22. The molecule has 126 valence electrons. The van der Waals surface area contributed by atoms with Crippen molar-refractivity contribution in [1.82, 2.24) is 4.40 Å². The number of amides is 1. The molecule has 0 aliphatic heterocycles. The third-order valence-corrected chi connectivity index (χ3v) is 7.67. The van der Waals surface area contributed by atoms with Crippen molar-refractivity contribution in [3.05, 3.63) is 38.6 Å². The number of thiazole rings is 1. The second-order valence-electron chi connectivity index (χ2n) is 8.36. The summed E-state index contributed by atoms with van der Waals surface area (Å²) in [6, 6.07) is 1.57. The third kappa shape index (κ3) is 1.85. The van der Waals surface area contributed by atoms with Crippen LogP contribution in [0.5, 0.6) is 0 Å². The summed E-state index contributed by atoms with van der Waals surface area (Å²) in [5.41, 5.74) is 8.07. The van der Waals surface area contributed by atoms with Crippen LogP contribution in [0, 0.1) is 24.7 Å². The van der Waals surface area contributed by atoms with Crippen molar-refractivity contribution >= 4 is 22.1 Å². The van der Waals surface area contributed by atoms with Gasteiger partial charge in [0, 0.05) is 22.6 Å². The van der Waals surface area contributed by atoms with Crippen LogP contribution < -0.4 is 11.3 Å². The minimum absolute atomic E-state index is 0.0144. The predicted octanol–water partition coefficient (Wildman–Crippen LogP) is 3.24. The molecule has 6 rings (SSSR count). The lowest BCUT2D eigenvalue weighted by Gasteiger charge is -2.56. The zero-order chi connectivity index (χ0) is 16.6. The maximum absolute atomic E-state index is 12.8. The third-order valence-electron chi connectivity index (χ3n) is 6.72. The number of carbonyl (C=O) groups excluding carboxylic acids is 1. The van der Waals surface area contributed by atoms with Crippen LogP contribution in [-0.2, 0) is 5.41 Å². The molecule has 0 aromatic carbocycles. The van der Waals surface area contributed by atoms with Gasteiger partial charge in [0.05, 0.1) is 5.56 Å². The van der Waals surface area contributed by atoms with E-state index in [0.717, 1.165) is 28.3 Å². The summed E-state index contributed by atoms with van der Waals surface area (Å²) in [6.07, 6.45) is 7.75.